The first-order valence-electron chi connectivity index (χ1n) is 2.68. The second kappa shape index (κ2) is 5.15. The molecule has 0 aliphatic heterocycles. The Morgan fingerprint density at radius 2 is 2.38 bits per heavy atom. The molecule has 0 bridgehead atoms. The van der Waals surface area contributed by atoms with Crippen molar-refractivity contribution in [2.75, 3.05) is 0 Å². The summed E-state index contributed by atoms with van der Waals surface area (Å²) in [7, 11) is 0. The summed E-state index contributed by atoms with van der Waals surface area (Å²) in [5, 5.41) is 8.28. The van der Waals surface area contributed by atoms with Gasteiger partial charge in [-0.3, -0.25) is 0 Å². The average Bonchev–Trinajstić information content (AvgIpc) is 1.83. The summed E-state index contributed by atoms with van der Waals surface area (Å²) < 4.78 is 0. The molecule has 1 radical (unpaired) electrons. The van der Waals surface area contributed by atoms with E-state index in [1.807, 2.05) is 0 Å². The van der Waals surface area contributed by atoms with Crippen LogP contribution in [-0.2, 0) is 0 Å². The van der Waals surface area contributed by atoms with Gasteiger partial charge in [0.15, 0.2) is 0 Å². The van der Waals surface area contributed by atoms with Crippen molar-refractivity contribution in [1.82, 2.24) is 0 Å². The molecule has 0 spiro atoms. The zero-order valence-corrected chi connectivity index (χ0v) is 6.68. The Hall–Kier alpha value is 0.00948. The molecule has 0 saturated carbocycles. The molecule has 0 aliphatic carbocycles. The molecule has 0 rings (SSSR count). The third-order valence-electron chi connectivity index (χ3n) is 0.877. The van der Waals surface area contributed by atoms with Gasteiger partial charge in [0.2, 0.25) is 0 Å². The number of nitriles is 1. The van der Waals surface area contributed by atoms with Crippen LogP contribution in [0.5, 0.6) is 0 Å². The van der Waals surface area contributed by atoms with E-state index in [2.05, 4.69) is 29.0 Å². The molecule has 1 atom stereocenters. The van der Waals surface area contributed by atoms with E-state index in [1.165, 1.54) is 0 Å². The zero-order valence-electron chi connectivity index (χ0n) is 4.80. The Morgan fingerprint density at radius 1 is 1.75 bits per heavy atom. The van der Waals surface area contributed by atoms with E-state index in [1.54, 1.807) is 0 Å². The molecule has 0 aromatic carbocycles. The van der Waals surface area contributed by atoms with E-state index in [-0.39, 0.29) is 4.82 Å². The van der Waals surface area contributed by atoms with Crippen LogP contribution in [-0.4, -0.2) is 16.0 Å². The summed E-state index contributed by atoms with van der Waals surface area (Å²) in [5.41, 5.74) is 0. The van der Waals surface area contributed by atoms with Gasteiger partial charge in [-0.2, -0.15) is 0 Å². The molecule has 0 heterocycles. The van der Waals surface area contributed by atoms with Crippen molar-refractivity contribution in [3.63, 3.8) is 0 Å². The summed E-state index contributed by atoms with van der Waals surface area (Å²) >= 11 is 2.36. The van der Waals surface area contributed by atoms with Crippen molar-refractivity contribution >= 4 is 16.0 Å². The fraction of sp³-hybridized carbons (Fsp3) is 0.667. The fourth-order valence-electron chi connectivity index (χ4n) is 0.402. The third kappa shape index (κ3) is 4.18. The van der Waals surface area contributed by atoms with Crippen LogP contribution in [0.4, 0.5) is 0 Å². The maximum absolute atomic E-state index is 8.28. The first kappa shape index (κ1) is 8.01. The Balaban J connectivity index is 3.02. The normalized spacial score (nSPS) is 12.6. The fourth-order valence-corrected chi connectivity index (χ4v) is 0.785. The monoisotopic (exact) mass is 176 g/mol. The molecule has 2 heteroatoms. The molecular formula is C6H10NSe. The van der Waals surface area contributed by atoms with Gasteiger partial charge in [-0.1, -0.05) is 0 Å². The molecular weight excluding hydrogens is 165 g/mol. The molecule has 1 nitrogen and oxygen atoms in total. The van der Waals surface area contributed by atoms with Crippen molar-refractivity contribution in [2.24, 2.45) is 0 Å². The van der Waals surface area contributed by atoms with Crippen LogP contribution in [0.1, 0.15) is 19.3 Å². The molecule has 0 saturated heterocycles. The topological polar surface area (TPSA) is 23.8 Å². The number of rotatable bonds is 3. The third-order valence-corrected chi connectivity index (χ3v) is 1.66. The predicted molar refractivity (Wildman–Crippen MR) is 35.7 cm³/mol. The molecule has 0 amide bonds. The van der Waals surface area contributed by atoms with Gasteiger partial charge in [0, 0.05) is 0 Å². The maximum atomic E-state index is 8.28. The second-order valence-corrected chi connectivity index (χ2v) is 2.95. The SMILES string of the molecule is [CH2]CCCC([SeH])C#N. The predicted octanol–water partition coefficient (Wildman–Crippen LogP) is 1.20. The van der Waals surface area contributed by atoms with E-state index in [0.29, 0.717) is 0 Å². The van der Waals surface area contributed by atoms with Crippen molar-refractivity contribution in [1.29, 1.82) is 5.26 Å². The number of nitrogens with zero attached hydrogens (tertiary/aromatic N) is 1. The minimum absolute atomic E-state index is 0.157. The van der Waals surface area contributed by atoms with Crippen LogP contribution in [0, 0.1) is 18.3 Å². The summed E-state index contributed by atoms with van der Waals surface area (Å²) in [4.78, 5) is 0.157. The van der Waals surface area contributed by atoms with Crippen molar-refractivity contribution in [2.45, 2.75) is 24.1 Å². The summed E-state index contributed by atoms with van der Waals surface area (Å²) in [6.07, 6.45) is 2.98. The Morgan fingerprint density at radius 3 is 2.75 bits per heavy atom. The Kier molecular flexibility index (Phi) is 5.16. The molecule has 0 aromatic heterocycles. The van der Waals surface area contributed by atoms with E-state index < -0.39 is 0 Å². The molecule has 0 aliphatic rings. The van der Waals surface area contributed by atoms with Crippen LogP contribution in [0.25, 0.3) is 0 Å². The standard InChI is InChI=1S/C6H10NSe/c1-2-3-4-6(8)5-7/h6,8H,1-4H2. The second-order valence-electron chi connectivity index (χ2n) is 1.64. The van der Waals surface area contributed by atoms with Gasteiger partial charge < -0.3 is 0 Å². The first-order chi connectivity index (χ1) is 3.81. The van der Waals surface area contributed by atoms with Gasteiger partial charge in [0.25, 0.3) is 0 Å². The van der Waals surface area contributed by atoms with Gasteiger partial charge in [0.1, 0.15) is 0 Å². The number of unbranched alkanes of at least 4 members (excludes halogenated alkanes) is 1. The molecule has 8 heavy (non-hydrogen) atoms. The van der Waals surface area contributed by atoms with E-state index in [4.69, 9.17) is 5.26 Å². The van der Waals surface area contributed by atoms with Crippen LogP contribution in [0.2, 0.25) is 4.82 Å². The van der Waals surface area contributed by atoms with E-state index in [0.717, 1.165) is 19.3 Å². The van der Waals surface area contributed by atoms with Gasteiger partial charge in [-0.15, -0.1) is 0 Å². The average molecular weight is 175 g/mol. The van der Waals surface area contributed by atoms with Gasteiger partial charge in [-0.25, -0.2) is 0 Å². The van der Waals surface area contributed by atoms with Crippen molar-refractivity contribution < 1.29 is 0 Å². The zero-order chi connectivity index (χ0) is 6.41. The molecule has 45 valence electrons. The summed E-state index contributed by atoms with van der Waals surface area (Å²) in [6.45, 7) is 3.68. The van der Waals surface area contributed by atoms with E-state index in [9.17, 15) is 0 Å². The van der Waals surface area contributed by atoms with Gasteiger partial charge >= 0.3 is 58.3 Å². The number of hydrogen-bond acceptors (Lipinski definition) is 1. The van der Waals surface area contributed by atoms with Crippen LogP contribution >= 0.6 is 0 Å². The van der Waals surface area contributed by atoms with Crippen LogP contribution in [0.3, 0.4) is 0 Å². The van der Waals surface area contributed by atoms with Crippen LogP contribution in [0.15, 0.2) is 0 Å². The van der Waals surface area contributed by atoms with Crippen molar-refractivity contribution in [3.8, 4) is 6.07 Å². The molecule has 1 unspecified atom stereocenters. The quantitative estimate of drug-likeness (QED) is 0.591. The summed E-state index contributed by atoms with van der Waals surface area (Å²) in [5.74, 6) is 0. The number of hydrogen-bond donors (Lipinski definition) is 0. The van der Waals surface area contributed by atoms with Crippen LogP contribution < -0.4 is 0 Å². The minimum atomic E-state index is 0.157. The first-order valence-corrected chi connectivity index (χ1v) is 3.76. The molecule has 0 aromatic rings. The summed E-state index contributed by atoms with van der Waals surface area (Å²) in [6, 6.07) is 2.14. The van der Waals surface area contributed by atoms with E-state index >= 15 is 0 Å². The van der Waals surface area contributed by atoms with Crippen molar-refractivity contribution in [3.05, 3.63) is 6.92 Å². The molecule has 0 N–H and O–H groups in total. The van der Waals surface area contributed by atoms with Gasteiger partial charge in [0.05, 0.1) is 0 Å². The Bertz CT molecular complexity index is 85.0. The molecule has 0 fully saturated rings. The Labute approximate surface area is 58.9 Å². The van der Waals surface area contributed by atoms with Gasteiger partial charge in [-0.05, 0) is 0 Å².